The number of fused-ring (bicyclic) bond motifs is 1. The van der Waals surface area contributed by atoms with Crippen LogP contribution in [0.15, 0.2) is 48.8 Å². The molecule has 6 nitrogen and oxygen atoms in total. The van der Waals surface area contributed by atoms with Gasteiger partial charge in [-0.15, -0.1) is 0 Å². The molecule has 1 N–H and O–H groups in total. The van der Waals surface area contributed by atoms with E-state index in [4.69, 9.17) is 9.47 Å². The van der Waals surface area contributed by atoms with Crippen LogP contribution in [0.4, 0.5) is 5.95 Å². The number of anilines is 1. The third-order valence-electron chi connectivity index (χ3n) is 4.98. The number of benzene rings is 2. The number of nitrogens with one attached hydrogen (secondary N) is 1. The van der Waals surface area contributed by atoms with Gasteiger partial charge in [0.05, 0.1) is 14.2 Å². The highest BCUT2D eigenvalue weighted by molar-refractivity contribution is 5.78. The Morgan fingerprint density at radius 2 is 1.89 bits per heavy atom. The van der Waals surface area contributed by atoms with Gasteiger partial charge in [0.2, 0.25) is 5.95 Å². The maximum absolute atomic E-state index is 5.65. The van der Waals surface area contributed by atoms with Gasteiger partial charge in [-0.2, -0.15) is 10.1 Å². The van der Waals surface area contributed by atoms with Crippen molar-refractivity contribution in [1.29, 1.82) is 0 Å². The fourth-order valence-electron chi connectivity index (χ4n) is 3.38. The van der Waals surface area contributed by atoms with Crippen LogP contribution >= 0.6 is 0 Å². The van der Waals surface area contributed by atoms with E-state index < -0.39 is 0 Å². The van der Waals surface area contributed by atoms with Crippen LogP contribution in [-0.4, -0.2) is 29.0 Å². The quantitative estimate of drug-likeness (QED) is 0.761. The number of ether oxygens (including phenoxy) is 2. The second-order valence-corrected chi connectivity index (χ2v) is 6.56. The fraction of sp³-hybridized carbons (Fsp3) is 0.238. The monoisotopic (exact) mass is 362 g/mol. The van der Waals surface area contributed by atoms with Crippen molar-refractivity contribution in [2.24, 2.45) is 0 Å². The van der Waals surface area contributed by atoms with Gasteiger partial charge in [-0.05, 0) is 48.7 Å². The molecule has 1 aromatic heterocycles. The zero-order valence-electron chi connectivity index (χ0n) is 15.9. The highest BCUT2D eigenvalue weighted by Crippen LogP contribution is 2.40. The summed E-state index contributed by atoms with van der Waals surface area (Å²) < 4.78 is 13.0. The van der Waals surface area contributed by atoms with E-state index in [1.54, 1.807) is 20.5 Å². The molecule has 138 valence electrons. The molecular formula is C21H22N4O2. The number of hydrogen-bond acceptors (Lipinski definition) is 5. The molecule has 0 bridgehead atoms. The average Bonchev–Trinajstić information content (AvgIpc) is 3.17. The lowest BCUT2D eigenvalue weighted by atomic mass is 9.98. The predicted molar refractivity (Wildman–Crippen MR) is 105 cm³/mol. The molecule has 0 unspecified atom stereocenters. The van der Waals surface area contributed by atoms with Crippen molar-refractivity contribution in [3.05, 3.63) is 71.1 Å². The Balaban J connectivity index is 1.86. The summed E-state index contributed by atoms with van der Waals surface area (Å²) in [6.45, 7) is 4.23. The summed E-state index contributed by atoms with van der Waals surface area (Å²) in [6.07, 6.45) is 3.70. The molecule has 3 aromatic rings. The number of nitrogens with zero attached hydrogens (tertiary/aromatic N) is 3. The molecule has 27 heavy (non-hydrogen) atoms. The van der Waals surface area contributed by atoms with Crippen molar-refractivity contribution in [2.45, 2.75) is 19.9 Å². The van der Waals surface area contributed by atoms with Gasteiger partial charge in [0, 0.05) is 11.3 Å². The molecule has 1 aliphatic heterocycles. The summed E-state index contributed by atoms with van der Waals surface area (Å²) in [5, 5.41) is 7.79. The van der Waals surface area contributed by atoms with E-state index in [-0.39, 0.29) is 6.04 Å². The van der Waals surface area contributed by atoms with E-state index in [0.29, 0.717) is 17.4 Å². The second kappa shape index (κ2) is 6.79. The van der Waals surface area contributed by atoms with Gasteiger partial charge in [0.1, 0.15) is 12.4 Å². The van der Waals surface area contributed by atoms with Crippen molar-refractivity contribution in [2.75, 3.05) is 19.5 Å². The number of methoxy groups -OCH3 is 2. The van der Waals surface area contributed by atoms with E-state index in [1.807, 2.05) is 22.9 Å². The smallest absolute Gasteiger partial charge is 0.226 e. The molecular weight excluding hydrogens is 340 g/mol. The summed E-state index contributed by atoms with van der Waals surface area (Å²) >= 11 is 0. The largest absolute Gasteiger partial charge is 0.493 e. The normalized spacial score (nSPS) is 15.6. The lowest BCUT2D eigenvalue weighted by Crippen LogP contribution is -2.21. The van der Waals surface area contributed by atoms with Crippen LogP contribution in [0.2, 0.25) is 0 Å². The van der Waals surface area contributed by atoms with Crippen LogP contribution in [0, 0.1) is 13.8 Å². The summed E-state index contributed by atoms with van der Waals surface area (Å²) in [5.74, 6) is 2.08. The Morgan fingerprint density at radius 3 is 2.63 bits per heavy atom. The lowest BCUT2D eigenvalue weighted by molar-refractivity contribution is 0.349. The van der Waals surface area contributed by atoms with Crippen molar-refractivity contribution in [3.8, 4) is 11.5 Å². The lowest BCUT2D eigenvalue weighted by Gasteiger charge is -2.26. The highest BCUT2D eigenvalue weighted by Gasteiger charge is 2.27. The van der Waals surface area contributed by atoms with Gasteiger partial charge in [0.25, 0.3) is 0 Å². The molecule has 0 radical (unpaired) electrons. The van der Waals surface area contributed by atoms with E-state index in [0.717, 1.165) is 16.8 Å². The average molecular weight is 362 g/mol. The first-order valence-corrected chi connectivity index (χ1v) is 8.79. The van der Waals surface area contributed by atoms with Crippen LogP contribution in [0.3, 0.4) is 0 Å². The number of aromatic nitrogens is 3. The molecule has 0 spiro atoms. The van der Waals surface area contributed by atoms with Crippen LogP contribution in [0.1, 0.15) is 28.3 Å². The maximum Gasteiger partial charge on any atom is 0.226 e. The molecule has 4 rings (SSSR count). The van der Waals surface area contributed by atoms with Gasteiger partial charge < -0.3 is 14.8 Å². The number of allylic oxidation sites excluding steroid dienone is 1. The topological polar surface area (TPSA) is 61.2 Å². The molecule has 0 aliphatic carbocycles. The molecule has 1 aliphatic rings. The fourth-order valence-corrected chi connectivity index (χ4v) is 3.38. The Hall–Kier alpha value is -3.28. The summed E-state index contributed by atoms with van der Waals surface area (Å²) in [6, 6.07) is 12.1. The van der Waals surface area contributed by atoms with Gasteiger partial charge in [-0.25, -0.2) is 4.68 Å². The molecule has 0 amide bonds. The third kappa shape index (κ3) is 2.93. The van der Waals surface area contributed by atoms with E-state index in [2.05, 4.69) is 53.5 Å². The molecule has 6 heteroatoms. The van der Waals surface area contributed by atoms with Crippen LogP contribution in [0.5, 0.6) is 11.5 Å². The number of para-hydroxylation sites is 1. The molecule has 0 saturated carbocycles. The molecule has 2 aromatic carbocycles. The maximum atomic E-state index is 5.65. The molecule has 0 saturated heterocycles. The third-order valence-corrected chi connectivity index (χ3v) is 4.98. The zero-order valence-corrected chi connectivity index (χ0v) is 15.9. The van der Waals surface area contributed by atoms with Crippen LogP contribution in [-0.2, 0) is 0 Å². The summed E-state index contributed by atoms with van der Waals surface area (Å²) in [7, 11) is 3.29. The highest BCUT2D eigenvalue weighted by atomic mass is 16.5. The zero-order chi connectivity index (χ0) is 19.0. The van der Waals surface area contributed by atoms with E-state index in [1.165, 1.54) is 11.1 Å². The molecule has 2 heterocycles. The summed E-state index contributed by atoms with van der Waals surface area (Å²) in [4.78, 5) is 4.37. The molecule has 0 fully saturated rings. The van der Waals surface area contributed by atoms with Crippen molar-refractivity contribution >= 4 is 11.6 Å². The Morgan fingerprint density at radius 1 is 1.04 bits per heavy atom. The second-order valence-electron chi connectivity index (χ2n) is 6.56. The van der Waals surface area contributed by atoms with Crippen molar-refractivity contribution in [3.63, 3.8) is 0 Å². The van der Waals surface area contributed by atoms with E-state index in [9.17, 15) is 0 Å². The van der Waals surface area contributed by atoms with Crippen LogP contribution in [0.25, 0.3) is 5.70 Å². The van der Waals surface area contributed by atoms with Gasteiger partial charge in [-0.1, -0.05) is 24.3 Å². The minimum atomic E-state index is -0.162. The first kappa shape index (κ1) is 17.1. The van der Waals surface area contributed by atoms with Gasteiger partial charge >= 0.3 is 0 Å². The van der Waals surface area contributed by atoms with Gasteiger partial charge in [-0.3, -0.25) is 0 Å². The Bertz CT molecular complexity index is 1020. The minimum Gasteiger partial charge on any atom is -0.493 e. The number of rotatable bonds is 4. The van der Waals surface area contributed by atoms with Gasteiger partial charge in [0.15, 0.2) is 11.5 Å². The number of hydrogen-bond donors (Lipinski definition) is 1. The van der Waals surface area contributed by atoms with Crippen LogP contribution < -0.4 is 14.8 Å². The first-order valence-electron chi connectivity index (χ1n) is 8.79. The minimum absolute atomic E-state index is 0.162. The Kier molecular flexibility index (Phi) is 4.32. The SMILES string of the molecule is COc1cccc([C@H]2C=C(c3ccc(C)c(C)c3)Nc3ncnn32)c1OC. The first-order chi connectivity index (χ1) is 13.1. The number of aryl methyl sites for hydroxylation is 2. The van der Waals surface area contributed by atoms with E-state index >= 15 is 0 Å². The summed E-state index contributed by atoms with van der Waals surface area (Å²) in [5.41, 5.74) is 5.58. The predicted octanol–water partition coefficient (Wildman–Crippen LogP) is 3.97. The van der Waals surface area contributed by atoms with Crippen molar-refractivity contribution in [1.82, 2.24) is 14.8 Å². The van der Waals surface area contributed by atoms with Crippen molar-refractivity contribution < 1.29 is 9.47 Å². The molecule has 1 atom stereocenters. The Labute approximate surface area is 158 Å². The standard InChI is InChI=1S/C21H22N4O2/c1-13-8-9-15(10-14(13)2)17-11-18(25-21(24-17)22-12-23-25)16-6-5-7-19(26-3)20(16)27-4/h5-12,18H,1-4H3,(H,22,23,24)/t18-/m1/s1.